The maximum Gasteiger partial charge on any atom is 0.0737 e. The fourth-order valence-corrected chi connectivity index (χ4v) is 10.8. The van der Waals surface area contributed by atoms with Gasteiger partial charge in [-0.1, -0.05) is 20.8 Å². The molecule has 0 saturated carbocycles. The summed E-state index contributed by atoms with van der Waals surface area (Å²) in [6, 6.07) is 0. The topological polar surface area (TPSA) is 0 Å². The zero-order valence-electron chi connectivity index (χ0n) is 13.2. The van der Waals surface area contributed by atoms with Crippen LogP contribution in [0.1, 0.15) is 62.3 Å². The predicted molar refractivity (Wildman–Crippen MR) is 85.0 cm³/mol. The van der Waals surface area contributed by atoms with E-state index in [4.69, 9.17) is 0 Å². The summed E-state index contributed by atoms with van der Waals surface area (Å²) in [5, 5.41) is 0.962. The summed E-state index contributed by atoms with van der Waals surface area (Å²) in [6.07, 6.45) is 1.38. The average molecular weight is 263 g/mol. The van der Waals surface area contributed by atoms with Gasteiger partial charge < -0.3 is 0 Å². The van der Waals surface area contributed by atoms with Crippen molar-refractivity contribution >= 4 is 15.2 Å². The Labute approximate surface area is 106 Å². The van der Waals surface area contributed by atoms with E-state index in [2.05, 4.69) is 69.0 Å². The third kappa shape index (κ3) is 4.27. The zero-order valence-corrected chi connectivity index (χ0v) is 15.0. The lowest BCUT2D eigenvalue weighted by Crippen LogP contribution is -2.31. The van der Waals surface area contributed by atoms with Crippen LogP contribution in [0.25, 0.3) is 0 Å². The Morgan fingerprint density at radius 3 is 1.25 bits per heavy atom. The highest BCUT2D eigenvalue weighted by Gasteiger charge is 2.53. The van der Waals surface area contributed by atoms with Crippen LogP contribution in [0.5, 0.6) is 0 Å². The van der Waals surface area contributed by atoms with Crippen molar-refractivity contribution in [2.24, 2.45) is 5.41 Å². The summed E-state index contributed by atoms with van der Waals surface area (Å²) in [7, 11) is 1.14. The molecule has 16 heavy (non-hydrogen) atoms. The van der Waals surface area contributed by atoms with Crippen LogP contribution in [-0.4, -0.2) is 23.1 Å². The first-order chi connectivity index (χ1) is 6.71. The third-order valence-electron chi connectivity index (χ3n) is 3.61. The van der Waals surface area contributed by atoms with Crippen LogP contribution in [0.2, 0.25) is 0 Å². The molecule has 0 heterocycles. The van der Waals surface area contributed by atoms with E-state index >= 15 is 0 Å². The highest BCUT2D eigenvalue weighted by Crippen LogP contribution is 2.85. The summed E-state index contributed by atoms with van der Waals surface area (Å²) in [6.45, 7) is 23.5. The second-order valence-electron chi connectivity index (χ2n) is 8.24. The van der Waals surface area contributed by atoms with Crippen LogP contribution in [-0.2, 0) is 0 Å². The van der Waals surface area contributed by atoms with E-state index in [0.717, 1.165) is 8.27 Å². The summed E-state index contributed by atoms with van der Waals surface area (Å²) in [4.78, 5) is 0. The molecule has 0 amide bonds. The maximum atomic E-state index is 2.59. The van der Waals surface area contributed by atoms with Crippen LogP contribution in [0, 0.1) is 5.41 Å². The van der Waals surface area contributed by atoms with Crippen molar-refractivity contribution in [2.75, 3.05) is 12.8 Å². The number of rotatable bonds is 2. The lowest BCUT2D eigenvalue weighted by Gasteiger charge is -2.45. The number of hydrogen-bond acceptors (Lipinski definition) is 0. The van der Waals surface area contributed by atoms with Crippen molar-refractivity contribution in [1.29, 1.82) is 0 Å². The Balaban J connectivity index is 5.00. The Bertz CT molecular complexity index is 209. The van der Waals surface area contributed by atoms with E-state index in [1.54, 1.807) is 0 Å². The van der Waals surface area contributed by atoms with E-state index in [1.807, 2.05) is 0 Å². The van der Waals surface area contributed by atoms with Crippen LogP contribution in [0.4, 0.5) is 0 Å². The Hall–Kier alpha value is 0.860. The predicted octanol–water partition coefficient (Wildman–Crippen LogP) is 5.87. The van der Waals surface area contributed by atoms with Gasteiger partial charge in [-0.25, -0.2) is 0 Å². The highest BCUT2D eigenvalue weighted by molar-refractivity contribution is 8.32. The lowest BCUT2D eigenvalue weighted by molar-refractivity contribution is 0.480. The normalized spacial score (nSPS) is 16.1. The van der Waals surface area contributed by atoms with Gasteiger partial charge in [0.05, 0.1) is 17.0 Å². The molecule has 0 radical (unpaired) electrons. The smallest absolute Gasteiger partial charge is 0.0597 e. The Morgan fingerprint density at radius 1 is 0.750 bits per heavy atom. The highest BCUT2D eigenvalue weighted by atomic mass is 32.1. The summed E-state index contributed by atoms with van der Waals surface area (Å²) < 4.78 is 0. The van der Waals surface area contributed by atoms with Gasteiger partial charge in [0, 0.05) is 21.4 Å². The molecule has 98 valence electrons. The van der Waals surface area contributed by atoms with Crippen molar-refractivity contribution in [3.63, 3.8) is 0 Å². The van der Waals surface area contributed by atoms with Crippen LogP contribution < -0.4 is 0 Å². The quantitative estimate of drug-likeness (QED) is 0.546. The van der Waals surface area contributed by atoms with E-state index in [-0.39, 0.29) is 0 Å². The van der Waals surface area contributed by atoms with E-state index in [9.17, 15) is 0 Å². The van der Waals surface area contributed by atoms with E-state index in [0.29, 0.717) is 15.7 Å². The molecule has 0 N–H and O–H groups in total. The molecule has 0 saturated heterocycles. The molecule has 0 aromatic carbocycles. The summed E-state index contributed by atoms with van der Waals surface area (Å²) in [5.41, 5.74) is 0.482. The van der Waals surface area contributed by atoms with Gasteiger partial charge in [-0.3, -0.25) is 0 Å². The first-order valence-electron chi connectivity index (χ1n) is 6.33. The van der Waals surface area contributed by atoms with Crippen molar-refractivity contribution < 1.29 is 0 Å². The molecule has 0 rings (SSSR count). The molecule has 0 aliphatic rings. The summed E-state index contributed by atoms with van der Waals surface area (Å²) in [5.74, 6) is 0. The third-order valence-corrected chi connectivity index (χ3v) is 17.2. The molecule has 0 bridgehead atoms. The average Bonchev–Trinajstić information content (AvgIpc) is 1.93. The molecule has 0 aliphatic heterocycles. The van der Waals surface area contributed by atoms with Gasteiger partial charge >= 0.3 is 0 Å². The molecule has 0 aromatic heterocycles. The van der Waals surface area contributed by atoms with Crippen molar-refractivity contribution in [1.82, 2.24) is 0 Å². The van der Waals surface area contributed by atoms with Crippen molar-refractivity contribution in [2.45, 2.75) is 72.6 Å². The molecule has 2 heteroatoms. The van der Waals surface area contributed by atoms with Gasteiger partial charge in [-0.05, 0) is 47.0 Å². The lowest BCUT2D eigenvalue weighted by atomic mass is 10.0. The fraction of sp³-hybridized carbons (Fsp3) is 1.00. The second-order valence-corrected chi connectivity index (χ2v) is 17.2. The van der Waals surface area contributed by atoms with Crippen LogP contribution >= 0.6 is 15.2 Å². The van der Waals surface area contributed by atoms with Crippen molar-refractivity contribution in [3.8, 4) is 0 Å². The Morgan fingerprint density at radius 2 is 1.06 bits per heavy atom. The van der Waals surface area contributed by atoms with Gasteiger partial charge in [0.15, 0.2) is 0 Å². The molecule has 0 nitrogen and oxygen atoms in total. The van der Waals surface area contributed by atoms with Gasteiger partial charge in [-0.15, -0.1) is 0 Å². The summed E-state index contributed by atoms with van der Waals surface area (Å²) >= 11 is 0. The van der Waals surface area contributed by atoms with Gasteiger partial charge in [-0.2, -0.15) is 0 Å². The second kappa shape index (κ2) is 4.85. The fourth-order valence-electron chi connectivity index (χ4n) is 1.88. The molecular formula is C14H33P2+. The first-order valence-corrected chi connectivity index (χ1v) is 10.6. The van der Waals surface area contributed by atoms with Crippen molar-refractivity contribution in [3.05, 3.63) is 0 Å². The minimum Gasteiger partial charge on any atom is -0.0597 e. The molecular weight excluding hydrogens is 230 g/mol. The minimum atomic E-state index is -0.906. The Kier molecular flexibility index (Phi) is 5.12. The molecule has 0 fully saturated rings. The van der Waals surface area contributed by atoms with Crippen LogP contribution in [0.3, 0.4) is 0 Å². The largest absolute Gasteiger partial charge is 0.0737 e. The van der Waals surface area contributed by atoms with Gasteiger partial charge in [0.2, 0.25) is 0 Å². The molecule has 0 aromatic rings. The van der Waals surface area contributed by atoms with E-state index in [1.165, 1.54) is 6.16 Å². The van der Waals surface area contributed by atoms with Gasteiger partial charge in [0.1, 0.15) is 0 Å². The maximum absolute atomic E-state index is 2.59. The molecule has 0 spiro atoms. The van der Waals surface area contributed by atoms with Crippen LogP contribution in [0.15, 0.2) is 0 Å². The minimum absolute atomic E-state index is 0.481. The monoisotopic (exact) mass is 263 g/mol. The van der Waals surface area contributed by atoms with E-state index < -0.39 is 6.95 Å². The molecule has 1 unspecified atom stereocenters. The molecule has 1 atom stereocenters. The first kappa shape index (κ1) is 16.9. The molecule has 0 aliphatic carbocycles. The number of hydrogen-bond donors (Lipinski definition) is 0. The standard InChI is InChI=1S/C14H33P2/c1-12(2,3)11-15-16(10,13(4,5)6)14(7,8)9/h15H,11H2,1-10H3/q+1. The van der Waals surface area contributed by atoms with Gasteiger partial charge in [0.25, 0.3) is 0 Å². The zero-order chi connectivity index (χ0) is 13.4. The SMILES string of the molecule is CC(C)(C)CP[P+](C)(C(C)(C)C)C(C)(C)C.